The van der Waals surface area contributed by atoms with Crippen molar-refractivity contribution in [1.82, 2.24) is 0 Å². The van der Waals surface area contributed by atoms with Crippen LogP contribution in [0.4, 0.5) is 0 Å². The molecule has 2 atom stereocenters. The lowest BCUT2D eigenvalue weighted by Crippen LogP contribution is -2.04. The van der Waals surface area contributed by atoms with Gasteiger partial charge in [-0.2, -0.15) is 10.2 Å². The summed E-state index contributed by atoms with van der Waals surface area (Å²) in [5.41, 5.74) is 3.23. The van der Waals surface area contributed by atoms with Crippen LogP contribution in [-0.4, -0.2) is 12.1 Å². The van der Waals surface area contributed by atoms with Crippen molar-refractivity contribution in [1.29, 1.82) is 0 Å². The van der Waals surface area contributed by atoms with Gasteiger partial charge in [0, 0.05) is 0 Å². The SMILES string of the molecule is CC(=C1C2CCC1N=N2)C1CC1. The highest BCUT2D eigenvalue weighted by atomic mass is 15.2. The molecular formula is C10H14N2. The Balaban J connectivity index is 1.98. The highest BCUT2D eigenvalue weighted by molar-refractivity contribution is 5.33. The van der Waals surface area contributed by atoms with Crippen molar-refractivity contribution in [3.05, 3.63) is 11.1 Å². The Bertz CT molecular complexity index is 258. The number of hydrogen-bond acceptors (Lipinski definition) is 2. The van der Waals surface area contributed by atoms with Crippen molar-refractivity contribution < 1.29 is 0 Å². The predicted octanol–water partition coefficient (Wildman–Crippen LogP) is 2.71. The van der Waals surface area contributed by atoms with Crippen LogP contribution in [0.5, 0.6) is 0 Å². The maximum absolute atomic E-state index is 4.28. The van der Waals surface area contributed by atoms with Gasteiger partial charge in [-0.25, -0.2) is 0 Å². The molecule has 0 radical (unpaired) electrons. The molecule has 12 heavy (non-hydrogen) atoms. The first kappa shape index (κ1) is 6.81. The number of nitrogens with zero attached hydrogens (tertiary/aromatic N) is 2. The average molecular weight is 162 g/mol. The molecule has 0 amide bonds. The van der Waals surface area contributed by atoms with Crippen LogP contribution in [0.25, 0.3) is 0 Å². The minimum atomic E-state index is 0.496. The Hall–Kier alpha value is -0.660. The second-order valence-corrected chi connectivity index (χ2v) is 4.25. The van der Waals surface area contributed by atoms with Crippen molar-refractivity contribution in [2.45, 2.75) is 44.7 Å². The van der Waals surface area contributed by atoms with Gasteiger partial charge in [0.25, 0.3) is 0 Å². The molecule has 0 aromatic heterocycles. The quantitative estimate of drug-likeness (QED) is 0.530. The third-order valence-electron chi connectivity index (χ3n) is 3.42. The lowest BCUT2D eigenvalue weighted by Gasteiger charge is -2.06. The molecule has 0 saturated heterocycles. The fourth-order valence-electron chi connectivity index (χ4n) is 2.53. The molecule has 0 aromatic carbocycles. The van der Waals surface area contributed by atoms with Crippen molar-refractivity contribution in [3.63, 3.8) is 0 Å². The molecular weight excluding hydrogens is 148 g/mol. The first-order valence-electron chi connectivity index (χ1n) is 4.97. The van der Waals surface area contributed by atoms with Crippen LogP contribution in [0.2, 0.25) is 0 Å². The Morgan fingerprint density at radius 3 is 2.08 bits per heavy atom. The van der Waals surface area contributed by atoms with Crippen LogP contribution < -0.4 is 0 Å². The van der Waals surface area contributed by atoms with E-state index in [1.54, 1.807) is 11.1 Å². The van der Waals surface area contributed by atoms with E-state index in [-0.39, 0.29) is 0 Å². The molecule has 2 aliphatic carbocycles. The summed E-state index contributed by atoms with van der Waals surface area (Å²) in [4.78, 5) is 0. The van der Waals surface area contributed by atoms with E-state index in [0.717, 1.165) is 5.92 Å². The predicted molar refractivity (Wildman–Crippen MR) is 47.1 cm³/mol. The van der Waals surface area contributed by atoms with Gasteiger partial charge in [-0.1, -0.05) is 5.57 Å². The fourth-order valence-corrected chi connectivity index (χ4v) is 2.53. The van der Waals surface area contributed by atoms with Crippen LogP contribution in [0.15, 0.2) is 21.4 Å². The van der Waals surface area contributed by atoms with Gasteiger partial charge in [0.1, 0.15) is 0 Å². The van der Waals surface area contributed by atoms with E-state index in [1.807, 2.05) is 0 Å². The average Bonchev–Trinajstić information content (AvgIpc) is 2.78. The maximum atomic E-state index is 4.28. The van der Waals surface area contributed by atoms with Crippen LogP contribution in [-0.2, 0) is 0 Å². The zero-order valence-electron chi connectivity index (χ0n) is 7.45. The first-order chi connectivity index (χ1) is 5.86. The van der Waals surface area contributed by atoms with Crippen molar-refractivity contribution in [2.75, 3.05) is 0 Å². The van der Waals surface area contributed by atoms with Gasteiger partial charge in [0.2, 0.25) is 0 Å². The van der Waals surface area contributed by atoms with Crippen LogP contribution in [0, 0.1) is 5.92 Å². The van der Waals surface area contributed by atoms with Crippen molar-refractivity contribution >= 4 is 0 Å². The lowest BCUT2D eigenvalue weighted by atomic mass is 10.0. The Labute approximate surface area is 72.8 Å². The standard InChI is InChI=1S/C10H14N2/c1-6(7-2-3-7)10-8-4-5-9(10)12-11-8/h7-9H,2-5H2,1H3. The van der Waals surface area contributed by atoms with Gasteiger partial charge in [-0.3, -0.25) is 0 Å². The number of azo groups is 1. The largest absolute Gasteiger partial charge is 0.186 e. The van der Waals surface area contributed by atoms with E-state index in [2.05, 4.69) is 17.2 Å². The van der Waals surface area contributed by atoms with Gasteiger partial charge in [0.05, 0.1) is 12.1 Å². The summed E-state index contributed by atoms with van der Waals surface area (Å²) >= 11 is 0. The highest BCUT2D eigenvalue weighted by Crippen LogP contribution is 2.45. The monoisotopic (exact) mass is 162 g/mol. The van der Waals surface area contributed by atoms with Gasteiger partial charge >= 0.3 is 0 Å². The van der Waals surface area contributed by atoms with Crippen molar-refractivity contribution in [3.8, 4) is 0 Å². The van der Waals surface area contributed by atoms with E-state index in [4.69, 9.17) is 0 Å². The maximum Gasteiger partial charge on any atom is 0.0942 e. The molecule has 0 aromatic rings. The first-order valence-corrected chi connectivity index (χ1v) is 4.97. The Kier molecular flexibility index (Phi) is 1.24. The zero-order valence-corrected chi connectivity index (χ0v) is 7.45. The third kappa shape index (κ3) is 0.809. The van der Waals surface area contributed by atoms with Crippen molar-refractivity contribution in [2.24, 2.45) is 16.1 Å². The molecule has 2 unspecified atom stereocenters. The molecule has 2 nitrogen and oxygen atoms in total. The molecule has 3 rings (SSSR count). The zero-order chi connectivity index (χ0) is 8.13. The number of allylic oxidation sites excluding steroid dienone is 1. The summed E-state index contributed by atoms with van der Waals surface area (Å²) in [6.45, 7) is 2.30. The number of rotatable bonds is 1. The fraction of sp³-hybridized carbons (Fsp3) is 0.800. The molecule has 0 spiro atoms. The smallest absolute Gasteiger partial charge is 0.0942 e. The van der Waals surface area contributed by atoms with E-state index >= 15 is 0 Å². The van der Waals surface area contributed by atoms with Crippen LogP contribution in [0.1, 0.15) is 32.6 Å². The Morgan fingerprint density at radius 2 is 1.67 bits per heavy atom. The minimum absolute atomic E-state index is 0.496. The summed E-state index contributed by atoms with van der Waals surface area (Å²) in [7, 11) is 0. The minimum Gasteiger partial charge on any atom is -0.186 e. The second kappa shape index (κ2) is 2.18. The lowest BCUT2D eigenvalue weighted by molar-refractivity contribution is 0.643. The van der Waals surface area contributed by atoms with Crippen LogP contribution in [0.3, 0.4) is 0 Å². The number of fused-ring (bicyclic) bond motifs is 2. The van der Waals surface area contributed by atoms with Gasteiger partial charge < -0.3 is 0 Å². The summed E-state index contributed by atoms with van der Waals surface area (Å²) in [6, 6.07) is 0.992. The molecule has 2 fully saturated rings. The molecule has 0 N–H and O–H groups in total. The van der Waals surface area contributed by atoms with Gasteiger partial charge in [-0.15, -0.1) is 0 Å². The molecule has 64 valence electrons. The third-order valence-corrected chi connectivity index (χ3v) is 3.42. The molecule has 2 heteroatoms. The summed E-state index contributed by atoms with van der Waals surface area (Å²) in [6.07, 6.45) is 5.34. The molecule has 2 bridgehead atoms. The highest BCUT2D eigenvalue weighted by Gasteiger charge is 2.39. The molecule has 1 aliphatic heterocycles. The van der Waals surface area contributed by atoms with E-state index < -0.39 is 0 Å². The summed E-state index contributed by atoms with van der Waals surface area (Å²) in [5.74, 6) is 0.909. The Morgan fingerprint density at radius 1 is 1.08 bits per heavy atom. The van der Waals surface area contributed by atoms with Gasteiger partial charge in [0.15, 0.2) is 0 Å². The summed E-state index contributed by atoms with van der Waals surface area (Å²) in [5, 5.41) is 8.57. The number of hydrogen-bond donors (Lipinski definition) is 0. The van der Waals surface area contributed by atoms with E-state index in [1.165, 1.54) is 25.7 Å². The van der Waals surface area contributed by atoms with E-state index in [9.17, 15) is 0 Å². The van der Waals surface area contributed by atoms with Gasteiger partial charge in [-0.05, 0) is 44.1 Å². The topological polar surface area (TPSA) is 24.7 Å². The van der Waals surface area contributed by atoms with Crippen LogP contribution >= 0.6 is 0 Å². The second-order valence-electron chi connectivity index (χ2n) is 4.25. The normalized spacial score (nSPS) is 37.9. The van der Waals surface area contributed by atoms with E-state index in [0.29, 0.717) is 12.1 Å². The molecule has 3 aliphatic rings. The summed E-state index contributed by atoms with van der Waals surface area (Å²) < 4.78 is 0. The molecule has 1 heterocycles. The molecule has 2 saturated carbocycles.